The van der Waals surface area contributed by atoms with Crippen molar-refractivity contribution in [3.05, 3.63) is 35.9 Å². The Bertz CT molecular complexity index is 790. The molecule has 0 bridgehead atoms. The lowest BCUT2D eigenvalue weighted by Gasteiger charge is -2.33. The molecular weight excluding hydrogens is 404 g/mol. The van der Waals surface area contributed by atoms with Crippen LogP contribution in [0.25, 0.3) is 0 Å². The summed E-state index contributed by atoms with van der Waals surface area (Å²) in [7, 11) is 0. The molecule has 1 aromatic carbocycles. The SMILES string of the molecule is O=C1CC(c2ccccc2)N(C(=O)C2CC2)CCCN(C(=O)NC2CCCCC2)CCN1. The van der Waals surface area contributed by atoms with Gasteiger partial charge in [0.05, 0.1) is 12.5 Å². The fourth-order valence-corrected chi connectivity index (χ4v) is 4.91. The maximum Gasteiger partial charge on any atom is 0.317 e. The maximum atomic E-state index is 13.2. The van der Waals surface area contributed by atoms with Crippen molar-refractivity contribution in [3.8, 4) is 0 Å². The first-order chi connectivity index (χ1) is 15.6. The van der Waals surface area contributed by atoms with Crippen LogP contribution >= 0.6 is 0 Å². The van der Waals surface area contributed by atoms with Crippen LogP contribution in [-0.2, 0) is 9.59 Å². The maximum absolute atomic E-state index is 13.2. The van der Waals surface area contributed by atoms with Crippen molar-refractivity contribution >= 4 is 17.8 Å². The lowest BCUT2D eigenvalue weighted by Crippen LogP contribution is -2.48. The lowest BCUT2D eigenvalue weighted by molar-refractivity contribution is -0.136. The summed E-state index contributed by atoms with van der Waals surface area (Å²) in [6.45, 7) is 2.03. The Kier molecular flexibility index (Phi) is 7.66. The zero-order chi connectivity index (χ0) is 22.3. The minimum atomic E-state index is -0.271. The number of carbonyl (C=O) groups is 3. The zero-order valence-corrected chi connectivity index (χ0v) is 18.9. The van der Waals surface area contributed by atoms with Crippen molar-refractivity contribution in [3.63, 3.8) is 0 Å². The van der Waals surface area contributed by atoms with Crippen LogP contribution in [0, 0.1) is 5.92 Å². The van der Waals surface area contributed by atoms with Gasteiger partial charge in [0.1, 0.15) is 0 Å². The van der Waals surface area contributed by atoms with Crippen LogP contribution in [0.15, 0.2) is 30.3 Å². The number of urea groups is 1. The van der Waals surface area contributed by atoms with E-state index in [-0.39, 0.29) is 42.3 Å². The van der Waals surface area contributed by atoms with Gasteiger partial charge in [-0.05, 0) is 37.7 Å². The highest BCUT2D eigenvalue weighted by Gasteiger charge is 2.37. The average Bonchev–Trinajstić information content (AvgIpc) is 3.65. The summed E-state index contributed by atoms with van der Waals surface area (Å²) in [5.74, 6) is 0.145. The fraction of sp³-hybridized carbons (Fsp3) is 0.640. The van der Waals surface area contributed by atoms with E-state index >= 15 is 0 Å². The molecule has 1 aliphatic heterocycles. The number of carbonyl (C=O) groups excluding carboxylic acids is 3. The topological polar surface area (TPSA) is 81.8 Å². The van der Waals surface area contributed by atoms with Gasteiger partial charge in [-0.3, -0.25) is 9.59 Å². The minimum Gasteiger partial charge on any atom is -0.354 e. The van der Waals surface area contributed by atoms with Gasteiger partial charge in [-0.15, -0.1) is 0 Å². The zero-order valence-electron chi connectivity index (χ0n) is 18.9. The van der Waals surface area contributed by atoms with Gasteiger partial charge in [0, 0.05) is 38.1 Å². The van der Waals surface area contributed by atoms with Crippen LogP contribution in [0.5, 0.6) is 0 Å². The van der Waals surface area contributed by atoms with E-state index in [1.54, 1.807) is 4.90 Å². The van der Waals surface area contributed by atoms with Gasteiger partial charge in [0.25, 0.3) is 0 Å². The molecule has 0 spiro atoms. The predicted molar refractivity (Wildman–Crippen MR) is 123 cm³/mol. The van der Waals surface area contributed by atoms with Gasteiger partial charge in [-0.25, -0.2) is 4.79 Å². The van der Waals surface area contributed by atoms with Crippen LogP contribution in [-0.4, -0.2) is 59.9 Å². The molecular formula is C25H36N4O3. The molecule has 2 aliphatic carbocycles. The summed E-state index contributed by atoms with van der Waals surface area (Å²) in [6.07, 6.45) is 8.47. The van der Waals surface area contributed by atoms with E-state index in [0.29, 0.717) is 32.6 Å². The van der Waals surface area contributed by atoms with Gasteiger partial charge in [-0.1, -0.05) is 49.6 Å². The van der Waals surface area contributed by atoms with E-state index in [4.69, 9.17) is 0 Å². The molecule has 1 saturated heterocycles. The summed E-state index contributed by atoms with van der Waals surface area (Å²) in [5, 5.41) is 6.16. The van der Waals surface area contributed by atoms with Gasteiger partial charge >= 0.3 is 6.03 Å². The Morgan fingerprint density at radius 3 is 2.38 bits per heavy atom. The van der Waals surface area contributed by atoms with Crippen molar-refractivity contribution < 1.29 is 14.4 Å². The van der Waals surface area contributed by atoms with Crippen molar-refractivity contribution in [2.24, 2.45) is 5.92 Å². The van der Waals surface area contributed by atoms with E-state index in [1.807, 2.05) is 35.2 Å². The molecule has 2 N–H and O–H groups in total. The first-order valence-electron chi connectivity index (χ1n) is 12.3. The Hall–Kier alpha value is -2.57. The Labute approximate surface area is 190 Å². The fourth-order valence-electron chi connectivity index (χ4n) is 4.91. The first kappa shape index (κ1) is 22.6. The van der Waals surface area contributed by atoms with Crippen molar-refractivity contribution in [2.75, 3.05) is 26.2 Å². The van der Waals surface area contributed by atoms with Gasteiger partial charge in [-0.2, -0.15) is 0 Å². The second-order valence-electron chi connectivity index (χ2n) is 9.41. The van der Waals surface area contributed by atoms with E-state index in [9.17, 15) is 14.4 Å². The Morgan fingerprint density at radius 1 is 0.906 bits per heavy atom. The molecule has 2 saturated carbocycles. The normalized spacial score (nSPS) is 23.8. The second-order valence-corrected chi connectivity index (χ2v) is 9.41. The van der Waals surface area contributed by atoms with Gasteiger partial charge in [0.15, 0.2) is 0 Å². The molecule has 1 unspecified atom stereocenters. The molecule has 0 aromatic heterocycles. The van der Waals surface area contributed by atoms with Crippen molar-refractivity contribution in [2.45, 2.75) is 69.9 Å². The largest absolute Gasteiger partial charge is 0.354 e. The van der Waals surface area contributed by atoms with Crippen LogP contribution in [0.1, 0.15) is 69.4 Å². The summed E-state index contributed by atoms with van der Waals surface area (Å²) < 4.78 is 0. The molecule has 174 valence electrons. The number of nitrogens with zero attached hydrogens (tertiary/aromatic N) is 2. The van der Waals surface area contributed by atoms with Crippen LogP contribution in [0.4, 0.5) is 4.79 Å². The number of nitrogens with one attached hydrogen (secondary N) is 2. The summed E-state index contributed by atoms with van der Waals surface area (Å²) in [5.41, 5.74) is 0.989. The molecule has 0 radical (unpaired) electrons. The number of hydrogen-bond donors (Lipinski definition) is 2. The van der Waals surface area contributed by atoms with E-state index in [1.165, 1.54) is 19.3 Å². The van der Waals surface area contributed by atoms with Crippen LogP contribution < -0.4 is 10.6 Å². The highest BCUT2D eigenvalue weighted by atomic mass is 16.2. The second kappa shape index (κ2) is 10.8. The molecule has 1 atom stereocenters. The molecule has 32 heavy (non-hydrogen) atoms. The van der Waals surface area contributed by atoms with Gasteiger partial charge < -0.3 is 20.4 Å². The smallest absolute Gasteiger partial charge is 0.317 e. The first-order valence-corrected chi connectivity index (χ1v) is 12.3. The molecule has 7 heteroatoms. The van der Waals surface area contributed by atoms with Crippen LogP contribution in [0.3, 0.4) is 0 Å². The van der Waals surface area contributed by atoms with Crippen molar-refractivity contribution in [1.29, 1.82) is 0 Å². The average molecular weight is 441 g/mol. The monoisotopic (exact) mass is 440 g/mol. The molecule has 3 fully saturated rings. The van der Waals surface area contributed by atoms with E-state index in [2.05, 4.69) is 10.6 Å². The molecule has 4 rings (SSSR count). The quantitative estimate of drug-likeness (QED) is 0.757. The molecule has 1 aromatic rings. The summed E-state index contributed by atoms with van der Waals surface area (Å²) in [6, 6.07) is 9.77. The third kappa shape index (κ3) is 6.02. The standard InChI is InChI=1S/C25H36N4O3/c30-23-18-22(19-8-3-1-4-9-19)29(24(31)20-12-13-20)16-7-15-28(17-14-26-23)25(32)27-21-10-5-2-6-11-21/h1,3-4,8-9,20-22H,2,5-7,10-18H2,(H,26,30)(H,27,32). The number of amides is 4. The molecule has 3 aliphatic rings. The summed E-state index contributed by atoms with van der Waals surface area (Å²) in [4.78, 5) is 42.6. The Balaban J connectivity index is 1.47. The number of hydrogen-bond acceptors (Lipinski definition) is 3. The number of rotatable bonds is 3. The van der Waals surface area contributed by atoms with E-state index in [0.717, 1.165) is 31.2 Å². The molecule has 1 heterocycles. The third-order valence-electron chi connectivity index (χ3n) is 6.90. The third-order valence-corrected chi connectivity index (χ3v) is 6.90. The minimum absolute atomic E-state index is 0.0509. The van der Waals surface area contributed by atoms with Gasteiger partial charge in [0.2, 0.25) is 11.8 Å². The lowest BCUT2D eigenvalue weighted by atomic mass is 9.96. The highest BCUT2D eigenvalue weighted by molar-refractivity contribution is 5.83. The number of benzene rings is 1. The Morgan fingerprint density at radius 2 is 1.66 bits per heavy atom. The molecule has 4 amide bonds. The highest BCUT2D eigenvalue weighted by Crippen LogP contribution is 2.35. The van der Waals surface area contributed by atoms with E-state index < -0.39 is 0 Å². The summed E-state index contributed by atoms with van der Waals surface area (Å²) >= 11 is 0. The van der Waals surface area contributed by atoms with Crippen LogP contribution in [0.2, 0.25) is 0 Å². The van der Waals surface area contributed by atoms with Crippen molar-refractivity contribution in [1.82, 2.24) is 20.4 Å². The molecule has 7 nitrogen and oxygen atoms in total. The predicted octanol–water partition coefficient (Wildman–Crippen LogP) is 3.22.